The van der Waals surface area contributed by atoms with E-state index in [1.54, 1.807) is 0 Å². The van der Waals surface area contributed by atoms with Crippen LogP contribution in [0.25, 0.3) is 0 Å². The zero-order valence-corrected chi connectivity index (χ0v) is 11.8. The number of halogens is 1. The smallest absolute Gasteiger partial charge is 0.137 e. The summed E-state index contributed by atoms with van der Waals surface area (Å²) in [5.74, 6) is 0.312. The van der Waals surface area contributed by atoms with Gasteiger partial charge >= 0.3 is 0 Å². The molecule has 0 aliphatic heterocycles. The second-order valence-corrected chi connectivity index (χ2v) is 5.55. The number of hydrogen-bond acceptors (Lipinski definition) is 2. The summed E-state index contributed by atoms with van der Waals surface area (Å²) in [5.41, 5.74) is 10.4. The van der Waals surface area contributed by atoms with Crippen molar-refractivity contribution in [3.8, 4) is 5.75 Å². The van der Waals surface area contributed by atoms with E-state index in [-0.39, 0.29) is 0 Å². The summed E-state index contributed by atoms with van der Waals surface area (Å²) in [7, 11) is 0. The van der Waals surface area contributed by atoms with Crippen molar-refractivity contribution in [2.75, 3.05) is 6.54 Å². The summed E-state index contributed by atoms with van der Waals surface area (Å²) in [6.07, 6.45) is 7.40. The number of rotatable bonds is 4. The third-order valence-corrected chi connectivity index (χ3v) is 4.42. The van der Waals surface area contributed by atoms with Gasteiger partial charge in [-0.05, 0) is 80.7 Å². The summed E-state index contributed by atoms with van der Waals surface area (Å²) in [5, 5.41) is 10.9. The number of phenolic OH excluding ortho intramolecular Hbond substituents is 1. The molecule has 0 saturated carbocycles. The van der Waals surface area contributed by atoms with Crippen LogP contribution in [0.5, 0.6) is 5.75 Å². The van der Waals surface area contributed by atoms with Crippen LogP contribution in [0.4, 0.5) is 0 Å². The molecule has 0 amide bonds. The molecule has 0 heterocycles. The van der Waals surface area contributed by atoms with E-state index >= 15 is 0 Å². The first kappa shape index (κ1) is 13.7. The standard InChI is InChI=1S/C15H22ClNO/c1-10-11-6-2-3-8-13(11)14(16)15(18)12(10)7-4-5-9-17/h18H,2-9,17H2,1H3. The van der Waals surface area contributed by atoms with Gasteiger partial charge in [-0.1, -0.05) is 11.6 Å². The average Bonchev–Trinajstić information content (AvgIpc) is 2.40. The van der Waals surface area contributed by atoms with E-state index in [1.165, 1.54) is 29.5 Å². The second-order valence-electron chi connectivity index (χ2n) is 5.18. The Morgan fingerprint density at radius 1 is 1.17 bits per heavy atom. The zero-order valence-electron chi connectivity index (χ0n) is 11.1. The number of benzene rings is 1. The van der Waals surface area contributed by atoms with Crippen LogP contribution < -0.4 is 5.73 Å². The van der Waals surface area contributed by atoms with Crippen LogP contribution in [0.15, 0.2) is 0 Å². The van der Waals surface area contributed by atoms with Gasteiger partial charge in [-0.2, -0.15) is 0 Å². The van der Waals surface area contributed by atoms with Crippen molar-refractivity contribution >= 4 is 11.6 Å². The van der Waals surface area contributed by atoms with Gasteiger partial charge in [-0.25, -0.2) is 0 Å². The number of hydrogen-bond donors (Lipinski definition) is 2. The number of fused-ring (bicyclic) bond motifs is 1. The number of phenols is 1. The molecule has 2 nitrogen and oxygen atoms in total. The van der Waals surface area contributed by atoms with Gasteiger partial charge in [-0.3, -0.25) is 0 Å². The van der Waals surface area contributed by atoms with Crippen molar-refractivity contribution in [3.05, 3.63) is 27.3 Å². The van der Waals surface area contributed by atoms with Gasteiger partial charge in [-0.15, -0.1) is 0 Å². The van der Waals surface area contributed by atoms with Gasteiger partial charge < -0.3 is 10.8 Å². The predicted molar refractivity (Wildman–Crippen MR) is 76.5 cm³/mol. The van der Waals surface area contributed by atoms with Crippen LogP contribution in [0.1, 0.15) is 47.9 Å². The molecule has 2 rings (SSSR count). The van der Waals surface area contributed by atoms with Crippen molar-refractivity contribution < 1.29 is 5.11 Å². The van der Waals surface area contributed by atoms with Gasteiger partial charge in [0.1, 0.15) is 5.75 Å². The Balaban J connectivity index is 2.37. The Labute approximate surface area is 114 Å². The SMILES string of the molecule is Cc1c(CCCCN)c(O)c(Cl)c2c1CCCC2. The molecule has 100 valence electrons. The lowest BCUT2D eigenvalue weighted by Gasteiger charge is -2.23. The third kappa shape index (κ3) is 2.50. The summed E-state index contributed by atoms with van der Waals surface area (Å²) in [4.78, 5) is 0. The van der Waals surface area contributed by atoms with Crippen LogP contribution in [0.3, 0.4) is 0 Å². The topological polar surface area (TPSA) is 46.2 Å². The lowest BCUT2D eigenvalue weighted by molar-refractivity contribution is 0.463. The van der Waals surface area contributed by atoms with Crippen molar-refractivity contribution in [2.45, 2.75) is 51.9 Å². The first-order chi connectivity index (χ1) is 8.66. The molecule has 0 saturated heterocycles. The highest BCUT2D eigenvalue weighted by Crippen LogP contribution is 2.40. The maximum atomic E-state index is 10.3. The van der Waals surface area contributed by atoms with Crippen LogP contribution >= 0.6 is 11.6 Å². The van der Waals surface area contributed by atoms with E-state index in [1.807, 2.05) is 0 Å². The summed E-state index contributed by atoms with van der Waals surface area (Å²) in [6, 6.07) is 0. The highest BCUT2D eigenvalue weighted by atomic mass is 35.5. The monoisotopic (exact) mass is 267 g/mol. The molecule has 1 aromatic rings. The Morgan fingerprint density at radius 3 is 2.50 bits per heavy atom. The quantitative estimate of drug-likeness (QED) is 0.820. The summed E-state index contributed by atoms with van der Waals surface area (Å²) < 4.78 is 0. The fourth-order valence-electron chi connectivity index (χ4n) is 2.95. The molecule has 0 bridgehead atoms. The highest BCUT2D eigenvalue weighted by Gasteiger charge is 2.21. The molecule has 0 aromatic heterocycles. The van der Waals surface area contributed by atoms with Gasteiger partial charge in [0.25, 0.3) is 0 Å². The van der Waals surface area contributed by atoms with Crippen LogP contribution in [-0.2, 0) is 19.3 Å². The zero-order chi connectivity index (χ0) is 13.1. The van der Waals surface area contributed by atoms with Crippen molar-refractivity contribution in [3.63, 3.8) is 0 Å². The van der Waals surface area contributed by atoms with Gasteiger partial charge in [0.15, 0.2) is 0 Å². The Bertz CT molecular complexity index is 443. The number of aromatic hydroxyl groups is 1. The Kier molecular flexibility index (Phi) is 4.52. The lowest BCUT2D eigenvalue weighted by atomic mass is 9.85. The molecule has 18 heavy (non-hydrogen) atoms. The van der Waals surface area contributed by atoms with Gasteiger partial charge in [0.2, 0.25) is 0 Å². The fourth-order valence-corrected chi connectivity index (χ4v) is 3.27. The largest absolute Gasteiger partial charge is 0.506 e. The lowest BCUT2D eigenvalue weighted by Crippen LogP contribution is -2.09. The first-order valence-electron chi connectivity index (χ1n) is 6.88. The predicted octanol–water partition coefficient (Wildman–Crippen LogP) is 3.51. The van der Waals surface area contributed by atoms with Crippen molar-refractivity contribution in [1.82, 2.24) is 0 Å². The minimum absolute atomic E-state index is 0.312. The highest BCUT2D eigenvalue weighted by molar-refractivity contribution is 6.33. The van der Waals surface area contributed by atoms with E-state index in [0.29, 0.717) is 17.3 Å². The maximum Gasteiger partial charge on any atom is 0.137 e. The second kappa shape index (κ2) is 5.94. The molecule has 1 aromatic carbocycles. The summed E-state index contributed by atoms with van der Waals surface area (Å²) >= 11 is 6.33. The molecule has 0 unspecified atom stereocenters. The van der Waals surface area contributed by atoms with E-state index < -0.39 is 0 Å². The van der Waals surface area contributed by atoms with E-state index in [2.05, 4.69) is 6.92 Å². The number of nitrogens with two attached hydrogens (primary N) is 1. The number of unbranched alkanes of at least 4 members (excludes halogenated alkanes) is 1. The molecular weight excluding hydrogens is 246 g/mol. The molecule has 0 fully saturated rings. The van der Waals surface area contributed by atoms with Crippen LogP contribution in [-0.4, -0.2) is 11.7 Å². The molecule has 0 atom stereocenters. The molecular formula is C15H22ClNO. The van der Waals surface area contributed by atoms with E-state index in [9.17, 15) is 5.11 Å². The maximum absolute atomic E-state index is 10.3. The van der Waals surface area contributed by atoms with Gasteiger partial charge in [0, 0.05) is 0 Å². The third-order valence-electron chi connectivity index (χ3n) is 4.01. The Morgan fingerprint density at radius 2 is 1.83 bits per heavy atom. The van der Waals surface area contributed by atoms with Crippen LogP contribution in [0.2, 0.25) is 5.02 Å². The minimum Gasteiger partial charge on any atom is -0.506 e. The average molecular weight is 268 g/mol. The molecule has 1 aliphatic carbocycles. The molecule has 1 aliphatic rings. The van der Waals surface area contributed by atoms with Crippen molar-refractivity contribution in [1.29, 1.82) is 0 Å². The first-order valence-corrected chi connectivity index (χ1v) is 7.26. The fraction of sp³-hybridized carbons (Fsp3) is 0.600. The van der Waals surface area contributed by atoms with Crippen molar-refractivity contribution in [2.24, 2.45) is 5.73 Å². The Hall–Kier alpha value is -0.730. The molecule has 0 spiro atoms. The molecule has 3 N–H and O–H groups in total. The summed E-state index contributed by atoms with van der Waals surface area (Å²) in [6.45, 7) is 2.83. The van der Waals surface area contributed by atoms with E-state index in [4.69, 9.17) is 17.3 Å². The van der Waals surface area contributed by atoms with Crippen LogP contribution in [0, 0.1) is 6.92 Å². The molecule has 0 radical (unpaired) electrons. The molecule has 3 heteroatoms. The normalized spacial score (nSPS) is 14.6. The minimum atomic E-state index is 0.312. The van der Waals surface area contributed by atoms with Gasteiger partial charge in [0.05, 0.1) is 5.02 Å². The van der Waals surface area contributed by atoms with E-state index in [0.717, 1.165) is 37.7 Å².